The SMILES string of the molecule is CCCCOCCOCCOOCC. The molecular weight excluding hydrogens is 184 g/mol. The first-order valence-corrected chi connectivity index (χ1v) is 5.31. The minimum Gasteiger partial charge on any atom is -0.379 e. The fourth-order valence-electron chi connectivity index (χ4n) is 0.804. The average Bonchev–Trinajstić information content (AvgIpc) is 2.21. The third-order valence-electron chi connectivity index (χ3n) is 1.53. The van der Waals surface area contributed by atoms with E-state index >= 15 is 0 Å². The Morgan fingerprint density at radius 2 is 1.36 bits per heavy atom. The third kappa shape index (κ3) is 11.8. The van der Waals surface area contributed by atoms with Gasteiger partial charge < -0.3 is 9.47 Å². The molecule has 0 fully saturated rings. The zero-order valence-corrected chi connectivity index (χ0v) is 9.29. The molecule has 0 unspecified atom stereocenters. The van der Waals surface area contributed by atoms with E-state index in [1.807, 2.05) is 6.92 Å². The van der Waals surface area contributed by atoms with Crippen LogP contribution in [0.3, 0.4) is 0 Å². The quantitative estimate of drug-likeness (QED) is 0.293. The molecule has 4 nitrogen and oxygen atoms in total. The van der Waals surface area contributed by atoms with Crippen molar-refractivity contribution < 1.29 is 19.2 Å². The largest absolute Gasteiger partial charge is 0.379 e. The van der Waals surface area contributed by atoms with Gasteiger partial charge in [-0.25, -0.2) is 9.78 Å². The molecule has 0 aromatic carbocycles. The number of unbranched alkanes of at least 4 members (excludes halogenated alkanes) is 1. The van der Waals surface area contributed by atoms with E-state index < -0.39 is 0 Å². The van der Waals surface area contributed by atoms with Gasteiger partial charge in [0.2, 0.25) is 0 Å². The highest BCUT2D eigenvalue weighted by atomic mass is 17.2. The van der Waals surface area contributed by atoms with Gasteiger partial charge >= 0.3 is 0 Å². The highest BCUT2D eigenvalue weighted by Crippen LogP contribution is 1.88. The summed E-state index contributed by atoms with van der Waals surface area (Å²) in [5.74, 6) is 0. The first-order chi connectivity index (χ1) is 6.91. The summed E-state index contributed by atoms with van der Waals surface area (Å²) >= 11 is 0. The smallest absolute Gasteiger partial charge is 0.106 e. The first kappa shape index (κ1) is 13.8. The van der Waals surface area contributed by atoms with Crippen LogP contribution >= 0.6 is 0 Å². The van der Waals surface area contributed by atoms with Gasteiger partial charge in [0.1, 0.15) is 6.61 Å². The Bertz CT molecular complexity index is 86.1. The van der Waals surface area contributed by atoms with Crippen molar-refractivity contribution >= 4 is 0 Å². The molecule has 0 aromatic rings. The van der Waals surface area contributed by atoms with Gasteiger partial charge in [0.05, 0.1) is 26.4 Å². The molecule has 0 radical (unpaired) electrons. The van der Waals surface area contributed by atoms with Crippen LogP contribution < -0.4 is 0 Å². The Hall–Kier alpha value is -0.160. The van der Waals surface area contributed by atoms with E-state index in [0.717, 1.165) is 13.0 Å². The summed E-state index contributed by atoms with van der Waals surface area (Å²) in [6.07, 6.45) is 2.29. The van der Waals surface area contributed by atoms with Crippen LogP contribution in [0.15, 0.2) is 0 Å². The fourth-order valence-corrected chi connectivity index (χ4v) is 0.804. The van der Waals surface area contributed by atoms with E-state index in [-0.39, 0.29) is 0 Å². The summed E-state index contributed by atoms with van der Waals surface area (Å²) in [7, 11) is 0. The van der Waals surface area contributed by atoms with Crippen molar-refractivity contribution in [2.24, 2.45) is 0 Å². The molecule has 0 bridgehead atoms. The van der Waals surface area contributed by atoms with Crippen molar-refractivity contribution in [3.8, 4) is 0 Å². The summed E-state index contributed by atoms with van der Waals surface area (Å²) in [5.41, 5.74) is 0. The van der Waals surface area contributed by atoms with Crippen LogP contribution in [0, 0.1) is 0 Å². The van der Waals surface area contributed by atoms with Gasteiger partial charge in [0.25, 0.3) is 0 Å². The zero-order chi connectivity index (χ0) is 10.5. The summed E-state index contributed by atoms with van der Waals surface area (Å²) in [6.45, 7) is 7.73. The molecule has 0 aliphatic carbocycles. The molecule has 4 heteroatoms. The molecule has 14 heavy (non-hydrogen) atoms. The number of hydrogen-bond acceptors (Lipinski definition) is 4. The van der Waals surface area contributed by atoms with Crippen LogP contribution in [-0.2, 0) is 19.2 Å². The summed E-state index contributed by atoms with van der Waals surface area (Å²) in [4.78, 5) is 9.44. The summed E-state index contributed by atoms with van der Waals surface area (Å²) in [6, 6.07) is 0. The second-order valence-corrected chi connectivity index (χ2v) is 2.81. The Kier molecular flexibility index (Phi) is 12.7. The lowest BCUT2D eigenvalue weighted by atomic mass is 10.4. The molecule has 0 atom stereocenters. The zero-order valence-electron chi connectivity index (χ0n) is 9.29. The molecule has 0 heterocycles. The average molecular weight is 206 g/mol. The van der Waals surface area contributed by atoms with Crippen LogP contribution in [0.25, 0.3) is 0 Å². The van der Waals surface area contributed by atoms with Gasteiger partial charge in [-0.05, 0) is 13.3 Å². The van der Waals surface area contributed by atoms with E-state index in [4.69, 9.17) is 14.4 Å². The van der Waals surface area contributed by atoms with Crippen LogP contribution in [0.4, 0.5) is 0 Å². The van der Waals surface area contributed by atoms with Gasteiger partial charge in [-0.3, -0.25) is 0 Å². The molecule has 0 saturated carbocycles. The summed E-state index contributed by atoms with van der Waals surface area (Å²) in [5, 5.41) is 0. The van der Waals surface area contributed by atoms with Crippen molar-refractivity contribution in [3.05, 3.63) is 0 Å². The Morgan fingerprint density at radius 1 is 0.714 bits per heavy atom. The molecule has 0 rings (SSSR count). The Balaban J connectivity index is 2.78. The normalized spacial score (nSPS) is 10.7. The lowest BCUT2D eigenvalue weighted by molar-refractivity contribution is -0.296. The van der Waals surface area contributed by atoms with Gasteiger partial charge in [0.15, 0.2) is 0 Å². The number of hydrogen-bond donors (Lipinski definition) is 0. The molecule has 0 saturated heterocycles. The minimum absolute atomic E-state index is 0.475. The predicted molar refractivity (Wildman–Crippen MR) is 54.1 cm³/mol. The molecule has 0 aromatic heterocycles. The standard InChI is InChI=1S/C10H22O4/c1-3-5-6-11-7-8-12-9-10-14-13-4-2/h3-10H2,1-2H3. The lowest BCUT2D eigenvalue weighted by Gasteiger charge is -2.05. The molecule has 86 valence electrons. The third-order valence-corrected chi connectivity index (χ3v) is 1.53. The highest BCUT2D eigenvalue weighted by molar-refractivity contribution is 4.33. The van der Waals surface area contributed by atoms with Crippen molar-refractivity contribution in [1.29, 1.82) is 0 Å². The molecule has 0 amide bonds. The van der Waals surface area contributed by atoms with Crippen molar-refractivity contribution in [1.82, 2.24) is 0 Å². The number of rotatable bonds is 11. The molecular formula is C10H22O4. The van der Waals surface area contributed by atoms with Crippen molar-refractivity contribution in [2.45, 2.75) is 26.7 Å². The van der Waals surface area contributed by atoms with Gasteiger partial charge in [-0.15, -0.1) is 0 Å². The minimum atomic E-state index is 0.475. The highest BCUT2D eigenvalue weighted by Gasteiger charge is 1.90. The maximum Gasteiger partial charge on any atom is 0.106 e. The van der Waals surface area contributed by atoms with Gasteiger partial charge in [-0.2, -0.15) is 0 Å². The fraction of sp³-hybridized carbons (Fsp3) is 1.00. The maximum atomic E-state index is 5.30. The Morgan fingerprint density at radius 3 is 2.00 bits per heavy atom. The van der Waals surface area contributed by atoms with Crippen LogP contribution in [0.5, 0.6) is 0 Å². The molecule has 0 aliphatic rings. The first-order valence-electron chi connectivity index (χ1n) is 5.31. The van der Waals surface area contributed by atoms with Crippen molar-refractivity contribution in [3.63, 3.8) is 0 Å². The molecule has 0 aliphatic heterocycles. The van der Waals surface area contributed by atoms with Crippen molar-refractivity contribution in [2.75, 3.05) is 39.6 Å². The van der Waals surface area contributed by atoms with E-state index in [9.17, 15) is 0 Å². The lowest BCUT2D eigenvalue weighted by Crippen LogP contribution is -2.09. The van der Waals surface area contributed by atoms with Crippen LogP contribution in [0.1, 0.15) is 26.7 Å². The van der Waals surface area contributed by atoms with E-state index in [1.54, 1.807) is 0 Å². The maximum absolute atomic E-state index is 5.30. The Labute approximate surface area is 86.4 Å². The van der Waals surface area contributed by atoms with Crippen LogP contribution in [-0.4, -0.2) is 39.6 Å². The molecule has 0 N–H and O–H groups in total. The van der Waals surface area contributed by atoms with Gasteiger partial charge in [-0.1, -0.05) is 13.3 Å². The predicted octanol–water partition coefficient (Wildman–Crippen LogP) is 1.79. The van der Waals surface area contributed by atoms with E-state index in [2.05, 4.69) is 11.8 Å². The van der Waals surface area contributed by atoms with Gasteiger partial charge in [0, 0.05) is 6.61 Å². The topological polar surface area (TPSA) is 36.9 Å². The van der Waals surface area contributed by atoms with E-state index in [0.29, 0.717) is 33.0 Å². The summed E-state index contributed by atoms with van der Waals surface area (Å²) < 4.78 is 10.5. The number of ether oxygens (including phenoxy) is 2. The second-order valence-electron chi connectivity index (χ2n) is 2.81. The molecule has 0 spiro atoms. The van der Waals surface area contributed by atoms with E-state index in [1.165, 1.54) is 6.42 Å². The monoisotopic (exact) mass is 206 g/mol. The second kappa shape index (κ2) is 12.8. The van der Waals surface area contributed by atoms with Crippen LogP contribution in [0.2, 0.25) is 0 Å².